The summed E-state index contributed by atoms with van der Waals surface area (Å²) < 4.78 is 10.3. The summed E-state index contributed by atoms with van der Waals surface area (Å²) in [7, 11) is 3.24. The number of carbonyl (C=O) groups excluding carboxylic acids is 2. The normalized spacial score (nSPS) is 13.9. The van der Waals surface area contributed by atoms with Gasteiger partial charge in [-0.1, -0.05) is 12.1 Å². The molecular weight excluding hydrogens is 356 g/mol. The first-order valence-corrected chi connectivity index (χ1v) is 9.44. The number of hydrogen-bond donors (Lipinski definition) is 0. The number of ether oxygens (including phenoxy) is 2. The van der Waals surface area contributed by atoms with Crippen molar-refractivity contribution in [1.29, 1.82) is 0 Å². The van der Waals surface area contributed by atoms with Crippen molar-refractivity contribution in [3.05, 3.63) is 59.7 Å². The lowest BCUT2D eigenvalue weighted by atomic mass is 10.1. The molecule has 2 aromatic rings. The van der Waals surface area contributed by atoms with Gasteiger partial charge in [-0.15, -0.1) is 0 Å². The van der Waals surface area contributed by atoms with Gasteiger partial charge in [0.15, 0.2) is 0 Å². The fraction of sp³-hybridized carbons (Fsp3) is 0.364. The Morgan fingerprint density at radius 1 is 0.786 bits per heavy atom. The number of piperazine rings is 1. The second kappa shape index (κ2) is 9.26. The molecule has 1 aliphatic rings. The summed E-state index contributed by atoms with van der Waals surface area (Å²) in [6.45, 7) is 2.25. The largest absolute Gasteiger partial charge is 0.497 e. The molecule has 2 amide bonds. The van der Waals surface area contributed by atoms with Crippen LogP contribution in [-0.2, 0) is 11.2 Å². The smallest absolute Gasteiger partial charge is 0.253 e. The number of amides is 2. The van der Waals surface area contributed by atoms with Gasteiger partial charge in [-0.2, -0.15) is 0 Å². The summed E-state index contributed by atoms with van der Waals surface area (Å²) in [5, 5.41) is 0. The summed E-state index contributed by atoms with van der Waals surface area (Å²) >= 11 is 0. The lowest BCUT2D eigenvalue weighted by molar-refractivity contribution is -0.132. The number of rotatable bonds is 6. The average molecular weight is 382 g/mol. The molecule has 1 aliphatic heterocycles. The summed E-state index contributed by atoms with van der Waals surface area (Å²) in [5.41, 5.74) is 1.75. The molecule has 0 N–H and O–H groups in total. The van der Waals surface area contributed by atoms with Crippen molar-refractivity contribution in [2.24, 2.45) is 0 Å². The first-order chi connectivity index (χ1) is 13.6. The van der Waals surface area contributed by atoms with Crippen LogP contribution in [0.2, 0.25) is 0 Å². The molecule has 1 fully saturated rings. The van der Waals surface area contributed by atoms with Crippen LogP contribution in [0.5, 0.6) is 11.5 Å². The van der Waals surface area contributed by atoms with Gasteiger partial charge in [0.1, 0.15) is 11.5 Å². The molecule has 6 heteroatoms. The van der Waals surface area contributed by atoms with Gasteiger partial charge in [0.2, 0.25) is 5.91 Å². The fourth-order valence-corrected chi connectivity index (χ4v) is 3.28. The summed E-state index contributed by atoms with van der Waals surface area (Å²) in [6.07, 6.45) is 1.17. The van der Waals surface area contributed by atoms with Gasteiger partial charge in [-0.25, -0.2) is 0 Å². The van der Waals surface area contributed by atoms with Crippen molar-refractivity contribution in [2.45, 2.75) is 12.8 Å². The van der Waals surface area contributed by atoms with E-state index in [1.54, 1.807) is 43.4 Å². The van der Waals surface area contributed by atoms with Crippen LogP contribution in [0.15, 0.2) is 48.5 Å². The molecule has 0 bridgehead atoms. The van der Waals surface area contributed by atoms with Gasteiger partial charge in [-0.05, 0) is 48.4 Å². The van der Waals surface area contributed by atoms with Crippen molar-refractivity contribution in [1.82, 2.24) is 9.80 Å². The van der Waals surface area contributed by atoms with E-state index in [0.29, 0.717) is 44.6 Å². The Kier molecular flexibility index (Phi) is 6.53. The number of carbonyl (C=O) groups is 2. The van der Waals surface area contributed by atoms with Crippen molar-refractivity contribution in [3.63, 3.8) is 0 Å². The molecule has 0 spiro atoms. The van der Waals surface area contributed by atoms with Gasteiger partial charge in [0.25, 0.3) is 5.91 Å². The minimum atomic E-state index is -0.00650. The number of methoxy groups -OCH3 is 2. The van der Waals surface area contributed by atoms with Crippen LogP contribution in [0.3, 0.4) is 0 Å². The van der Waals surface area contributed by atoms with Gasteiger partial charge in [-0.3, -0.25) is 9.59 Å². The molecule has 1 heterocycles. The van der Waals surface area contributed by atoms with Crippen molar-refractivity contribution in [3.8, 4) is 11.5 Å². The Morgan fingerprint density at radius 3 is 1.82 bits per heavy atom. The zero-order valence-electron chi connectivity index (χ0n) is 16.4. The SMILES string of the molecule is COc1ccc(CCC(=O)N2CCN(C(=O)c3ccc(OC)cc3)CC2)cc1. The zero-order valence-corrected chi connectivity index (χ0v) is 16.4. The maximum Gasteiger partial charge on any atom is 0.253 e. The standard InChI is InChI=1S/C22H26N2O4/c1-27-19-8-3-17(4-9-19)5-12-21(25)23-13-15-24(16-14-23)22(26)18-6-10-20(28-2)11-7-18/h3-4,6-11H,5,12-16H2,1-2H3. The molecule has 0 radical (unpaired) electrons. The third-order valence-electron chi connectivity index (χ3n) is 5.04. The maximum absolute atomic E-state index is 12.6. The molecule has 2 aromatic carbocycles. The lowest BCUT2D eigenvalue weighted by Crippen LogP contribution is -2.50. The number of hydrogen-bond acceptors (Lipinski definition) is 4. The Hall–Kier alpha value is -3.02. The fourth-order valence-electron chi connectivity index (χ4n) is 3.28. The zero-order chi connectivity index (χ0) is 19.9. The van der Waals surface area contributed by atoms with E-state index in [1.165, 1.54) is 0 Å². The molecule has 0 atom stereocenters. The van der Waals surface area contributed by atoms with E-state index < -0.39 is 0 Å². The quantitative estimate of drug-likeness (QED) is 0.771. The van der Waals surface area contributed by atoms with Gasteiger partial charge < -0.3 is 19.3 Å². The number of benzene rings is 2. The molecule has 6 nitrogen and oxygen atoms in total. The van der Waals surface area contributed by atoms with Crippen molar-refractivity contribution >= 4 is 11.8 Å². The summed E-state index contributed by atoms with van der Waals surface area (Å²) in [4.78, 5) is 28.8. The Morgan fingerprint density at radius 2 is 1.29 bits per heavy atom. The van der Waals surface area contributed by atoms with Crippen LogP contribution in [0.4, 0.5) is 0 Å². The van der Waals surface area contributed by atoms with Crippen LogP contribution in [0.1, 0.15) is 22.3 Å². The van der Waals surface area contributed by atoms with Crippen LogP contribution in [0.25, 0.3) is 0 Å². The van der Waals surface area contributed by atoms with E-state index in [9.17, 15) is 9.59 Å². The molecule has 1 saturated heterocycles. The van der Waals surface area contributed by atoms with Crippen molar-refractivity contribution in [2.75, 3.05) is 40.4 Å². The van der Waals surface area contributed by atoms with E-state index >= 15 is 0 Å². The second-order valence-corrected chi connectivity index (χ2v) is 6.75. The molecule has 0 aliphatic carbocycles. The first-order valence-electron chi connectivity index (χ1n) is 9.44. The molecule has 3 rings (SSSR count). The van der Waals surface area contributed by atoms with Crippen LogP contribution >= 0.6 is 0 Å². The first kappa shape index (κ1) is 19.7. The van der Waals surface area contributed by atoms with Crippen LogP contribution in [0, 0.1) is 0 Å². The minimum absolute atomic E-state index is 0.00650. The number of aryl methyl sites for hydroxylation is 1. The van der Waals surface area contributed by atoms with Gasteiger partial charge in [0, 0.05) is 38.2 Å². The predicted octanol–water partition coefficient (Wildman–Crippen LogP) is 2.62. The highest BCUT2D eigenvalue weighted by Crippen LogP contribution is 2.16. The van der Waals surface area contributed by atoms with Crippen molar-refractivity contribution < 1.29 is 19.1 Å². The lowest BCUT2D eigenvalue weighted by Gasteiger charge is -2.35. The van der Waals surface area contributed by atoms with E-state index in [4.69, 9.17) is 9.47 Å². The minimum Gasteiger partial charge on any atom is -0.497 e. The van der Waals surface area contributed by atoms with Crippen LogP contribution < -0.4 is 9.47 Å². The number of nitrogens with zero attached hydrogens (tertiary/aromatic N) is 2. The van der Waals surface area contributed by atoms with Crippen LogP contribution in [-0.4, -0.2) is 62.0 Å². The van der Waals surface area contributed by atoms with E-state index in [2.05, 4.69) is 0 Å². The molecule has 148 valence electrons. The third-order valence-corrected chi connectivity index (χ3v) is 5.04. The van der Waals surface area contributed by atoms with E-state index in [0.717, 1.165) is 17.1 Å². The topological polar surface area (TPSA) is 59.1 Å². The third kappa shape index (κ3) is 4.82. The van der Waals surface area contributed by atoms with E-state index in [-0.39, 0.29) is 11.8 Å². The highest BCUT2D eigenvalue weighted by atomic mass is 16.5. The molecule has 28 heavy (non-hydrogen) atoms. The Balaban J connectivity index is 1.47. The van der Waals surface area contributed by atoms with E-state index in [1.807, 2.05) is 29.2 Å². The second-order valence-electron chi connectivity index (χ2n) is 6.75. The predicted molar refractivity (Wildman–Crippen MR) is 107 cm³/mol. The highest BCUT2D eigenvalue weighted by molar-refractivity contribution is 5.94. The summed E-state index contributed by atoms with van der Waals surface area (Å²) in [5.74, 6) is 1.66. The highest BCUT2D eigenvalue weighted by Gasteiger charge is 2.24. The summed E-state index contributed by atoms with van der Waals surface area (Å²) in [6, 6.07) is 14.9. The Bertz CT molecular complexity index is 794. The Labute approximate surface area is 165 Å². The molecule has 0 aromatic heterocycles. The average Bonchev–Trinajstić information content (AvgIpc) is 2.77. The molecule has 0 unspecified atom stereocenters. The molecule has 0 saturated carbocycles. The maximum atomic E-state index is 12.6. The monoisotopic (exact) mass is 382 g/mol. The van der Waals surface area contributed by atoms with Gasteiger partial charge >= 0.3 is 0 Å². The molecular formula is C22H26N2O4. The van der Waals surface area contributed by atoms with Gasteiger partial charge in [0.05, 0.1) is 14.2 Å².